The third-order valence-corrected chi connectivity index (χ3v) is 5.38. The van der Waals surface area contributed by atoms with Crippen LogP contribution in [0.4, 0.5) is 0 Å². The molecule has 0 saturated carbocycles. The van der Waals surface area contributed by atoms with Gasteiger partial charge in [-0.3, -0.25) is 0 Å². The Balaban J connectivity index is 1.96. The van der Waals surface area contributed by atoms with Crippen molar-refractivity contribution in [2.45, 2.75) is 30.0 Å². The van der Waals surface area contributed by atoms with Crippen molar-refractivity contribution in [1.29, 1.82) is 0 Å². The highest BCUT2D eigenvalue weighted by Crippen LogP contribution is 2.28. The molecular formula is C16H21NS2. The molecule has 1 heterocycles. The van der Waals surface area contributed by atoms with Crippen LogP contribution >= 0.6 is 23.1 Å². The number of aryl methyl sites for hydroxylation is 1. The molecule has 0 amide bonds. The molecule has 1 nitrogen and oxygen atoms in total. The normalized spacial score (nSPS) is 12.5. The summed E-state index contributed by atoms with van der Waals surface area (Å²) in [5.74, 6) is 1.07. The molecule has 19 heavy (non-hydrogen) atoms. The summed E-state index contributed by atoms with van der Waals surface area (Å²) in [5, 5.41) is 5.55. The number of thiophene rings is 1. The van der Waals surface area contributed by atoms with E-state index in [4.69, 9.17) is 0 Å². The molecule has 2 aromatic rings. The second-order valence-corrected chi connectivity index (χ2v) is 6.84. The van der Waals surface area contributed by atoms with Gasteiger partial charge >= 0.3 is 0 Å². The minimum Gasteiger partial charge on any atom is -0.312 e. The van der Waals surface area contributed by atoms with Gasteiger partial charge in [-0.25, -0.2) is 0 Å². The van der Waals surface area contributed by atoms with Crippen LogP contribution in [0, 0.1) is 0 Å². The Kier molecular flexibility index (Phi) is 5.95. The molecule has 0 saturated heterocycles. The van der Waals surface area contributed by atoms with Crippen LogP contribution in [0.5, 0.6) is 0 Å². The number of benzene rings is 1. The minimum absolute atomic E-state index is 0.419. The quantitative estimate of drug-likeness (QED) is 0.739. The Hall–Kier alpha value is -0.770. The van der Waals surface area contributed by atoms with Gasteiger partial charge in [-0.1, -0.05) is 43.7 Å². The van der Waals surface area contributed by atoms with Crippen LogP contribution < -0.4 is 5.32 Å². The summed E-state index contributed by atoms with van der Waals surface area (Å²) < 4.78 is 1.39. The molecule has 1 unspecified atom stereocenters. The standard InChI is InChI=1S/C16H21NS2/c1-3-5-13-7-9-14(10-8-13)15(17-2)12-19-16-6-4-11-18-16/h4,6-11,15,17H,3,5,12H2,1-2H3. The van der Waals surface area contributed by atoms with E-state index >= 15 is 0 Å². The average Bonchev–Trinajstić information content (AvgIpc) is 2.95. The number of nitrogens with one attached hydrogen (secondary N) is 1. The lowest BCUT2D eigenvalue weighted by molar-refractivity contribution is 0.661. The molecule has 102 valence electrons. The Morgan fingerprint density at radius 2 is 2.00 bits per heavy atom. The van der Waals surface area contributed by atoms with Crippen LogP contribution in [-0.4, -0.2) is 12.8 Å². The van der Waals surface area contributed by atoms with Crippen LogP contribution in [-0.2, 0) is 6.42 Å². The maximum absolute atomic E-state index is 3.42. The zero-order valence-electron chi connectivity index (χ0n) is 11.6. The van der Waals surface area contributed by atoms with Crippen LogP contribution in [0.1, 0.15) is 30.5 Å². The summed E-state index contributed by atoms with van der Waals surface area (Å²) >= 11 is 3.74. The fraction of sp³-hybridized carbons (Fsp3) is 0.375. The van der Waals surface area contributed by atoms with Crippen molar-refractivity contribution in [2.24, 2.45) is 0 Å². The molecule has 3 heteroatoms. The molecule has 1 aromatic carbocycles. The van der Waals surface area contributed by atoms with Crippen molar-refractivity contribution in [3.63, 3.8) is 0 Å². The molecule has 0 aliphatic rings. The molecule has 0 aliphatic carbocycles. The Morgan fingerprint density at radius 3 is 2.58 bits per heavy atom. The van der Waals surface area contributed by atoms with Crippen molar-refractivity contribution >= 4 is 23.1 Å². The summed E-state index contributed by atoms with van der Waals surface area (Å²) in [5.41, 5.74) is 2.82. The van der Waals surface area contributed by atoms with Crippen LogP contribution in [0.15, 0.2) is 46.0 Å². The molecule has 0 bridgehead atoms. The van der Waals surface area contributed by atoms with Gasteiger partial charge in [0, 0.05) is 11.8 Å². The van der Waals surface area contributed by atoms with E-state index in [0.29, 0.717) is 6.04 Å². The number of hydrogen-bond donors (Lipinski definition) is 1. The van der Waals surface area contributed by atoms with Gasteiger partial charge in [-0.2, -0.15) is 0 Å². The Bertz CT molecular complexity index is 462. The van der Waals surface area contributed by atoms with Crippen molar-refractivity contribution < 1.29 is 0 Å². The first-order chi connectivity index (χ1) is 9.33. The lowest BCUT2D eigenvalue weighted by Gasteiger charge is -2.16. The van der Waals surface area contributed by atoms with E-state index < -0.39 is 0 Å². The third kappa shape index (κ3) is 4.37. The maximum atomic E-state index is 3.42. The van der Waals surface area contributed by atoms with E-state index in [1.807, 2.05) is 30.1 Å². The van der Waals surface area contributed by atoms with Gasteiger partial charge in [0.2, 0.25) is 0 Å². The van der Waals surface area contributed by atoms with Gasteiger partial charge in [0.15, 0.2) is 0 Å². The van der Waals surface area contributed by atoms with Gasteiger partial charge in [0.1, 0.15) is 0 Å². The molecule has 1 atom stereocenters. The van der Waals surface area contributed by atoms with Gasteiger partial charge in [0.25, 0.3) is 0 Å². The second kappa shape index (κ2) is 7.73. The van der Waals surface area contributed by atoms with Gasteiger partial charge in [-0.15, -0.1) is 23.1 Å². The highest BCUT2D eigenvalue weighted by Gasteiger charge is 2.10. The lowest BCUT2D eigenvalue weighted by Crippen LogP contribution is -2.18. The lowest BCUT2D eigenvalue weighted by atomic mass is 10.0. The largest absolute Gasteiger partial charge is 0.312 e. The summed E-state index contributed by atoms with van der Waals surface area (Å²) in [6.07, 6.45) is 2.39. The average molecular weight is 291 g/mol. The molecule has 0 spiro atoms. The van der Waals surface area contributed by atoms with E-state index in [1.54, 1.807) is 0 Å². The summed E-state index contributed by atoms with van der Waals surface area (Å²) in [6.45, 7) is 2.22. The molecular weight excluding hydrogens is 270 g/mol. The van der Waals surface area contributed by atoms with Crippen molar-refractivity contribution in [3.05, 3.63) is 52.9 Å². The zero-order valence-corrected chi connectivity index (χ0v) is 13.2. The fourth-order valence-corrected chi connectivity index (χ4v) is 4.02. The van der Waals surface area contributed by atoms with Gasteiger partial charge in [0.05, 0.1) is 4.21 Å². The molecule has 0 fully saturated rings. The highest BCUT2D eigenvalue weighted by molar-refractivity contribution is 8.01. The van der Waals surface area contributed by atoms with Crippen molar-refractivity contribution in [3.8, 4) is 0 Å². The van der Waals surface area contributed by atoms with E-state index in [-0.39, 0.29) is 0 Å². The van der Waals surface area contributed by atoms with Crippen LogP contribution in [0.3, 0.4) is 0 Å². The molecule has 1 N–H and O–H groups in total. The van der Waals surface area contributed by atoms with Crippen molar-refractivity contribution in [2.75, 3.05) is 12.8 Å². The SMILES string of the molecule is CCCc1ccc(C(CSc2cccs2)NC)cc1. The monoisotopic (exact) mass is 291 g/mol. The highest BCUT2D eigenvalue weighted by atomic mass is 32.2. The number of rotatable bonds is 7. The van der Waals surface area contributed by atoms with E-state index in [1.165, 1.54) is 28.2 Å². The topological polar surface area (TPSA) is 12.0 Å². The summed E-state index contributed by atoms with van der Waals surface area (Å²) in [4.78, 5) is 0. The van der Waals surface area contributed by atoms with Crippen LogP contribution in [0.25, 0.3) is 0 Å². The summed E-state index contributed by atoms with van der Waals surface area (Å²) in [6, 6.07) is 13.8. The van der Waals surface area contributed by atoms with Gasteiger partial charge < -0.3 is 5.32 Å². The van der Waals surface area contributed by atoms with Crippen LogP contribution in [0.2, 0.25) is 0 Å². The zero-order chi connectivity index (χ0) is 13.5. The van der Waals surface area contributed by atoms with E-state index in [0.717, 1.165) is 5.75 Å². The number of thioether (sulfide) groups is 1. The fourth-order valence-electron chi connectivity index (χ4n) is 2.06. The smallest absolute Gasteiger partial charge is 0.0599 e. The summed E-state index contributed by atoms with van der Waals surface area (Å²) in [7, 11) is 2.04. The molecule has 1 aromatic heterocycles. The minimum atomic E-state index is 0.419. The van der Waals surface area contributed by atoms with Crippen molar-refractivity contribution in [1.82, 2.24) is 5.32 Å². The van der Waals surface area contributed by atoms with E-state index in [2.05, 4.69) is 54.0 Å². The Morgan fingerprint density at radius 1 is 1.21 bits per heavy atom. The first-order valence-electron chi connectivity index (χ1n) is 6.76. The predicted molar refractivity (Wildman–Crippen MR) is 87.3 cm³/mol. The maximum Gasteiger partial charge on any atom is 0.0599 e. The predicted octanol–water partition coefficient (Wildman–Crippen LogP) is 4.75. The van der Waals surface area contributed by atoms with E-state index in [9.17, 15) is 0 Å². The third-order valence-electron chi connectivity index (χ3n) is 3.16. The number of hydrogen-bond acceptors (Lipinski definition) is 3. The second-order valence-electron chi connectivity index (χ2n) is 4.58. The Labute approximate surface area is 124 Å². The van der Waals surface area contributed by atoms with Gasteiger partial charge in [-0.05, 0) is 36.0 Å². The molecule has 0 aliphatic heterocycles. The molecule has 0 radical (unpaired) electrons. The molecule has 2 rings (SSSR count). The first kappa shape index (κ1) is 14.6. The first-order valence-corrected chi connectivity index (χ1v) is 8.62.